The minimum absolute atomic E-state index is 0.0984. The molecule has 1 unspecified atom stereocenters. The number of aliphatic hydroxyl groups excluding tert-OH is 1. The van der Waals surface area contributed by atoms with Gasteiger partial charge in [-0.05, 0) is 24.6 Å². The maximum absolute atomic E-state index is 12.6. The van der Waals surface area contributed by atoms with Gasteiger partial charge in [-0.2, -0.15) is 0 Å². The van der Waals surface area contributed by atoms with E-state index in [0.29, 0.717) is 5.02 Å². The highest BCUT2D eigenvalue weighted by Gasteiger charge is 2.31. The van der Waals surface area contributed by atoms with Crippen molar-refractivity contribution in [1.82, 2.24) is 10.6 Å². The molecule has 4 atom stereocenters. The molecule has 0 aliphatic rings. The topological polar surface area (TPSA) is 157 Å². The minimum atomic E-state index is -1.31. The number of rotatable bonds is 12. The van der Waals surface area contributed by atoms with E-state index in [2.05, 4.69) is 10.6 Å². The third-order valence-electron chi connectivity index (χ3n) is 4.40. The Morgan fingerprint density at radius 2 is 1.63 bits per heavy atom. The number of nitrogens with one attached hydrogen (secondary N) is 2. The summed E-state index contributed by atoms with van der Waals surface area (Å²) in [6.07, 6.45) is -2.27. The molecule has 7 N–H and O–H groups in total. The van der Waals surface area contributed by atoms with E-state index in [-0.39, 0.29) is 31.4 Å². The number of hydrogen-bond acceptors (Lipinski definition) is 7. The highest BCUT2D eigenvalue weighted by molar-refractivity contribution is 6.30. The molecule has 168 valence electrons. The number of Topliss-reactive ketones (excluding diaryl/α,β-unsaturated/α-hetero) is 1. The van der Waals surface area contributed by atoms with E-state index in [1.54, 1.807) is 38.1 Å². The Morgan fingerprint density at radius 3 is 2.10 bits per heavy atom. The van der Waals surface area contributed by atoms with Crippen molar-refractivity contribution in [2.45, 2.75) is 51.7 Å². The summed E-state index contributed by atoms with van der Waals surface area (Å²) in [6, 6.07) is 4.66. The Bertz CT molecular complexity index is 712. The Balaban J connectivity index is 2.76. The van der Waals surface area contributed by atoms with Crippen LogP contribution in [0, 0.1) is 5.92 Å². The number of hydrogen-bond donors (Lipinski definition) is 5. The van der Waals surface area contributed by atoms with Crippen LogP contribution in [0.4, 0.5) is 0 Å². The molecule has 0 aliphatic heterocycles. The van der Waals surface area contributed by atoms with Gasteiger partial charge in [0.15, 0.2) is 5.78 Å². The van der Waals surface area contributed by atoms with Crippen LogP contribution in [0.1, 0.15) is 26.3 Å². The second-order valence-corrected chi connectivity index (χ2v) is 7.68. The van der Waals surface area contributed by atoms with Crippen LogP contribution in [-0.4, -0.2) is 60.1 Å². The van der Waals surface area contributed by atoms with Crippen LogP contribution in [0.3, 0.4) is 0 Å². The monoisotopic (exact) mass is 442 g/mol. The predicted molar refractivity (Wildman–Crippen MR) is 114 cm³/mol. The Labute approximate surface area is 181 Å². The van der Waals surface area contributed by atoms with Crippen LogP contribution >= 0.6 is 11.6 Å². The van der Waals surface area contributed by atoms with Crippen molar-refractivity contribution in [2.75, 3.05) is 13.1 Å². The molecule has 0 saturated carbocycles. The van der Waals surface area contributed by atoms with Gasteiger partial charge in [-0.3, -0.25) is 14.4 Å². The zero-order valence-corrected chi connectivity index (χ0v) is 18.2. The highest BCUT2D eigenvalue weighted by Crippen LogP contribution is 2.11. The first-order valence-corrected chi connectivity index (χ1v) is 10.1. The average molecular weight is 443 g/mol. The van der Waals surface area contributed by atoms with Gasteiger partial charge in [-0.15, -0.1) is 0 Å². The van der Waals surface area contributed by atoms with Crippen LogP contribution in [0.2, 0.25) is 5.02 Å². The van der Waals surface area contributed by atoms with E-state index in [1.165, 1.54) is 6.92 Å². The fourth-order valence-corrected chi connectivity index (χ4v) is 2.72. The fraction of sp³-hybridized carbons (Fsp3) is 0.550. The van der Waals surface area contributed by atoms with Crippen LogP contribution in [-0.2, 0) is 25.7 Å². The molecule has 0 radical (unpaired) electrons. The summed E-state index contributed by atoms with van der Waals surface area (Å²) in [5.41, 5.74) is 12.0. The molecule has 0 aliphatic carbocycles. The van der Waals surface area contributed by atoms with E-state index in [1.807, 2.05) is 0 Å². The van der Waals surface area contributed by atoms with Crippen LogP contribution in [0.5, 0.6) is 0 Å². The number of amides is 2. The summed E-state index contributed by atoms with van der Waals surface area (Å²) in [4.78, 5) is 37.2. The lowest BCUT2D eigenvalue weighted by molar-refractivity contribution is -0.139. The van der Waals surface area contributed by atoms with Gasteiger partial charge in [-0.1, -0.05) is 37.6 Å². The normalized spacial score (nSPS) is 15.2. The van der Waals surface area contributed by atoms with Crippen molar-refractivity contribution >= 4 is 29.2 Å². The van der Waals surface area contributed by atoms with Gasteiger partial charge in [0.2, 0.25) is 5.91 Å². The molecule has 2 amide bonds. The van der Waals surface area contributed by atoms with E-state index < -0.39 is 36.1 Å². The number of halogens is 1. The number of nitrogens with two attached hydrogens (primary N) is 2. The smallest absolute Gasteiger partial charge is 0.251 e. The quantitative estimate of drug-likeness (QED) is 0.298. The molecule has 0 saturated heterocycles. The van der Waals surface area contributed by atoms with Crippen molar-refractivity contribution in [3.05, 3.63) is 34.9 Å². The zero-order chi connectivity index (χ0) is 22.8. The largest absolute Gasteiger partial charge is 0.391 e. The summed E-state index contributed by atoms with van der Waals surface area (Å²) >= 11 is 5.84. The van der Waals surface area contributed by atoms with Gasteiger partial charge >= 0.3 is 0 Å². The number of ketones is 1. The van der Waals surface area contributed by atoms with E-state index in [0.717, 1.165) is 5.56 Å². The van der Waals surface area contributed by atoms with E-state index in [4.69, 9.17) is 27.8 Å². The highest BCUT2D eigenvalue weighted by atomic mass is 35.5. The van der Waals surface area contributed by atoms with Crippen molar-refractivity contribution in [2.24, 2.45) is 17.4 Å². The van der Waals surface area contributed by atoms with Gasteiger partial charge in [0.1, 0.15) is 12.1 Å². The first-order valence-electron chi connectivity index (χ1n) is 9.69. The van der Waals surface area contributed by atoms with Gasteiger partial charge in [0.05, 0.1) is 18.8 Å². The molecule has 0 heterocycles. The maximum Gasteiger partial charge on any atom is 0.251 e. The van der Waals surface area contributed by atoms with Crippen molar-refractivity contribution in [3.8, 4) is 0 Å². The van der Waals surface area contributed by atoms with Crippen molar-refractivity contribution < 1.29 is 24.2 Å². The molecule has 1 rings (SSSR count). The fourth-order valence-electron chi connectivity index (χ4n) is 2.59. The summed E-state index contributed by atoms with van der Waals surface area (Å²) < 4.78 is 5.54. The molecule has 1 aromatic carbocycles. The average Bonchev–Trinajstić information content (AvgIpc) is 2.70. The van der Waals surface area contributed by atoms with Gasteiger partial charge in [0, 0.05) is 24.0 Å². The third-order valence-corrected chi connectivity index (χ3v) is 4.65. The molecular weight excluding hydrogens is 412 g/mol. The van der Waals surface area contributed by atoms with Crippen LogP contribution in [0.15, 0.2) is 24.3 Å². The molecule has 0 spiro atoms. The molecule has 9 nitrogen and oxygen atoms in total. The maximum atomic E-state index is 12.6. The molecule has 0 fully saturated rings. The summed E-state index contributed by atoms with van der Waals surface area (Å²) in [5.74, 6) is -1.96. The van der Waals surface area contributed by atoms with Crippen LogP contribution in [0.25, 0.3) is 0 Å². The molecule has 10 heteroatoms. The molecular formula is C20H31ClN4O5. The molecule has 1 aromatic rings. The lowest BCUT2D eigenvalue weighted by Gasteiger charge is -2.26. The third kappa shape index (κ3) is 8.00. The summed E-state index contributed by atoms with van der Waals surface area (Å²) in [6.45, 7) is 4.60. The Hall–Kier alpha value is -2.04. The van der Waals surface area contributed by atoms with Crippen molar-refractivity contribution in [3.63, 3.8) is 0 Å². The Kier molecular flexibility index (Phi) is 10.9. The van der Waals surface area contributed by atoms with E-state index >= 15 is 0 Å². The van der Waals surface area contributed by atoms with Crippen molar-refractivity contribution in [1.29, 1.82) is 0 Å². The Morgan fingerprint density at radius 1 is 1.03 bits per heavy atom. The van der Waals surface area contributed by atoms with E-state index in [9.17, 15) is 19.5 Å². The van der Waals surface area contributed by atoms with Gasteiger partial charge < -0.3 is 31.9 Å². The molecule has 0 bridgehead atoms. The standard InChI is InChI=1S/C20H31ClN4O5/c1-11(2)18(27)15(8-22)24-20(29)17(12(3)26)25-19(28)16(9-23)30-10-13-4-6-14(21)7-5-13/h4-7,11-12,15-17,26H,8-10,22-23H2,1-3H3,(H,24,29)(H,25,28)/t12?,15-,16-,17-/m0/s1. The second-order valence-electron chi connectivity index (χ2n) is 7.24. The predicted octanol–water partition coefficient (Wildman–Crippen LogP) is -0.282. The molecule has 30 heavy (non-hydrogen) atoms. The lowest BCUT2D eigenvalue weighted by atomic mass is 10.0. The SMILES string of the molecule is CC(C)C(=O)[C@H](CN)NC(=O)[C@@H](NC(=O)[C@H](CN)OCc1ccc(Cl)cc1)C(C)O. The number of carbonyl (C=O) groups is 3. The zero-order valence-electron chi connectivity index (χ0n) is 17.4. The second kappa shape index (κ2) is 12.6. The number of ether oxygens (including phenoxy) is 1. The van der Waals surface area contributed by atoms with Gasteiger partial charge in [-0.25, -0.2) is 0 Å². The first-order chi connectivity index (χ1) is 14.1. The summed E-state index contributed by atoms with van der Waals surface area (Å²) in [7, 11) is 0. The minimum Gasteiger partial charge on any atom is -0.391 e. The summed E-state index contributed by atoms with van der Waals surface area (Å²) in [5, 5.41) is 15.5. The molecule has 0 aromatic heterocycles. The number of carbonyl (C=O) groups excluding carboxylic acids is 3. The first kappa shape index (κ1) is 26.0. The lowest BCUT2D eigenvalue weighted by Crippen LogP contribution is -2.59. The number of benzene rings is 1. The van der Waals surface area contributed by atoms with Gasteiger partial charge in [0.25, 0.3) is 5.91 Å². The number of aliphatic hydroxyl groups is 1. The van der Waals surface area contributed by atoms with Crippen LogP contribution < -0.4 is 22.1 Å².